The highest BCUT2D eigenvalue weighted by Gasteiger charge is 2.45. The largest absolute Gasteiger partial charge is 0.504 e. The van der Waals surface area contributed by atoms with Crippen LogP contribution >= 0.6 is 0 Å². The highest BCUT2D eigenvalue weighted by molar-refractivity contribution is 5.52. The Hall–Kier alpha value is -3.00. The summed E-state index contributed by atoms with van der Waals surface area (Å²) in [5, 5.41) is 21.0. The van der Waals surface area contributed by atoms with Gasteiger partial charge < -0.3 is 33.9 Å². The van der Waals surface area contributed by atoms with E-state index in [9.17, 15) is 10.2 Å². The molecule has 0 amide bonds. The number of hydrogen-bond acceptors (Lipinski definition) is 7. The summed E-state index contributed by atoms with van der Waals surface area (Å²) in [4.78, 5) is 0. The molecule has 4 unspecified atom stereocenters. The zero-order chi connectivity index (χ0) is 23.5. The molecule has 2 fully saturated rings. The van der Waals surface area contributed by atoms with Crippen LogP contribution in [0.25, 0.3) is 0 Å². The van der Waals surface area contributed by atoms with Crippen molar-refractivity contribution in [1.29, 1.82) is 0 Å². The van der Waals surface area contributed by atoms with Crippen molar-refractivity contribution >= 4 is 0 Å². The fourth-order valence-corrected chi connectivity index (χ4v) is 4.08. The van der Waals surface area contributed by atoms with Crippen molar-refractivity contribution in [3.05, 3.63) is 71.8 Å². The molecular weight excluding hydrogens is 424 g/mol. The maximum atomic E-state index is 10.5. The second-order valence-electron chi connectivity index (χ2n) is 8.19. The molecular formula is C26H30O7. The van der Waals surface area contributed by atoms with Gasteiger partial charge in [0.2, 0.25) is 0 Å². The second kappa shape index (κ2) is 9.87. The van der Waals surface area contributed by atoms with Crippen molar-refractivity contribution in [2.24, 2.45) is 0 Å². The predicted molar refractivity (Wildman–Crippen MR) is 123 cm³/mol. The lowest BCUT2D eigenvalue weighted by Gasteiger charge is -2.10. The van der Waals surface area contributed by atoms with E-state index in [1.807, 2.05) is 12.1 Å². The Bertz CT molecular complexity index is 950. The lowest BCUT2D eigenvalue weighted by atomic mass is 10.0. The summed E-state index contributed by atoms with van der Waals surface area (Å²) in [7, 11) is 3.05. The van der Waals surface area contributed by atoms with E-state index in [0.717, 1.165) is 11.1 Å². The van der Waals surface area contributed by atoms with Crippen molar-refractivity contribution in [3.63, 3.8) is 0 Å². The summed E-state index contributed by atoms with van der Waals surface area (Å²) >= 11 is 0. The Morgan fingerprint density at radius 1 is 0.788 bits per heavy atom. The van der Waals surface area contributed by atoms with Gasteiger partial charge in [0.15, 0.2) is 23.0 Å². The van der Waals surface area contributed by atoms with Crippen LogP contribution in [0, 0.1) is 0 Å². The van der Waals surface area contributed by atoms with Gasteiger partial charge in [-0.1, -0.05) is 12.2 Å². The number of rotatable bonds is 12. The van der Waals surface area contributed by atoms with Crippen LogP contribution in [0.4, 0.5) is 0 Å². The number of hydrogen-bond donors (Lipinski definition) is 2. The van der Waals surface area contributed by atoms with E-state index >= 15 is 0 Å². The molecule has 4 atom stereocenters. The third-order valence-electron chi connectivity index (χ3n) is 5.87. The molecule has 2 N–H and O–H groups in total. The van der Waals surface area contributed by atoms with E-state index in [2.05, 4.69) is 13.2 Å². The van der Waals surface area contributed by atoms with Gasteiger partial charge in [-0.3, -0.25) is 0 Å². The third kappa shape index (κ3) is 5.00. The van der Waals surface area contributed by atoms with Crippen LogP contribution in [0.1, 0.15) is 34.5 Å². The van der Waals surface area contributed by atoms with Gasteiger partial charge in [0.25, 0.3) is 0 Å². The summed E-state index contributed by atoms with van der Waals surface area (Å²) in [5.41, 5.74) is 3.37. The molecule has 2 heterocycles. The van der Waals surface area contributed by atoms with Gasteiger partial charge in [0.1, 0.15) is 24.4 Å². The minimum atomic E-state index is -0.247. The molecule has 4 rings (SSSR count). The Morgan fingerprint density at radius 2 is 1.21 bits per heavy atom. The first kappa shape index (κ1) is 23.2. The van der Waals surface area contributed by atoms with E-state index in [4.69, 9.17) is 23.7 Å². The number of phenols is 2. The smallest absolute Gasteiger partial charge is 0.163 e. The number of phenolic OH excluding ortho intramolecular Hbond substituents is 2. The Morgan fingerprint density at radius 3 is 1.58 bits per heavy atom. The van der Waals surface area contributed by atoms with Crippen molar-refractivity contribution in [1.82, 2.24) is 0 Å². The summed E-state index contributed by atoms with van der Waals surface area (Å²) in [5.74, 6) is 1.02. The van der Waals surface area contributed by atoms with E-state index in [0.29, 0.717) is 48.7 Å². The van der Waals surface area contributed by atoms with Crippen LogP contribution in [-0.2, 0) is 27.1 Å². The first-order chi connectivity index (χ1) is 16.0. The van der Waals surface area contributed by atoms with Crippen molar-refractivity contribution in [2.75, 3.05) is 27.4 Å². The van der Waals surface area contributed by atoms with Crippen LogP contribution in [0.3, 0.4) is 0 Å². The van der Waals surface area contributed by atoms with E-state index in [-0.39, 0.29) is 35.9 Å². The number of ether oxygens (including phenoxy) is 5. The first-order valence-corrected chi connectivity index (χ1v) is 10.9. The standard InChI is InChI=1S/C26H30O7/c1-5-7-15-9-17(23(27)19(11-15)29-3)25-21(32-25)13-31-14-22-26(33-22)18-10-16(8-6-2)12-20(30-4)24(18)28/h5-6,9-12,21-22,25-28H,1-2,7-8,13-14H2,3-4H3. The maximum absolute atomic E-state index is 10.5. The lowest BCUT2D eigenvalue weighted by molar-refractivity contribution is 0.102. The molecule has 2 aromatic rings. The normalized spacial score (nSPS) is 23.1. The molecule has 7 heteroatoms. The Kier molecular flexibility index (Phi) is 6.93. The molecule has 0 spiro atoms. The number of epoxide rings is 2. The van der Waals surface area contributed by atoms with E-state index < -0.39 is 0 Å². The number of methoxy groups -OCH3 is 2. The molecule has 2 aliphatic heterocycles. The highest BCUT2D eigenvalue weighted by atomic mass is 16.6. The van der Waals surface area contributed by atoms with Gasteiger partial charge in [-0.05, 0) is 48.2 Å². The van der Waals surface area contributed by atoms with Gasteiger partial charge in [0.05, 0.1) is 27.4 Å². The molecule has 0 radical (unpaired) electrons. The first-order valence-electron chi connectivity index (χ1n) is 10.9. The monoisotopic (exact) mass is 454 g/mol. The van der Waals surface area contributed by atoms with Crippen LogP contribution in [0.5, 0.6) is 23.0 Å². The summed E-state index contributed by atoms with van der Waals surface area (Å²) in [6, 6.07) is 7.42. The van der Waals surface area contributed by atoms with Crippen molar-refractivity contribution in [2.45, 2.75) is 37.3 Å². The van der Waals surface area contributed by atoms with Gasteiger partial charge in [-0.2, -0.15) is 0 Å². The zero-order valence-corrected chi connectivity index (χ0v) is 19.0. The van der Waals surface area contributed by atoms with Crippen LogP contribution < -0.4 is 9.47 Å². The van der Waals surface area contributed by atoms with Crippen LogP contribution in [0.2, 0.25) is 0 Å². The van der Waals surface area contributed by atoms with E-state index in [1.165, 1.54) is 14.2 Å². The number of allylic oxidation sites excluding steroid dienone is 2. The molecule has 2 aliphatic rings. The molecule has 0 bridgehead atoms. The SMILES string of the molecule is C=CCc1cc(OC)c(O)c(C2OC2COCC2OC2c2cc(CC=C)cc(OC)c2O)c1. The fraction of sp³-hybridized carbons (Fsp3) is 0.385. The van der Waals surface area contributed by atoms with Crippen molar-refractivity contribution in [3.8, 4) is 23.0 Å². The van der Waals surface area contributed by atoms with Crippen molar-refractivity contribution < 1.29 is 33.9 Å². The summed E-state index contributed by atoms with van der Waals surface area (Å²) in [6.07, 6.45) is 4.15. The minimum Gasteiger partial charge on any atom is -0.504 e. The maximum Gasteiger partial charge on any atom is 0.163 e. The van der Waals surface area contributed by atoms with Gasteiger partial charge >= 0.3 is 0 Å². The van der Waals surface area contributed by atoms with E-state index in [1.54, 1.807) is 24.3 Å². The average Bonchev–Trinajstić information content (AvgIpc) is 3.73. The Labute approximate surface area is 193 Å². The molecule has 2 aromatic carbocycles. The lowest BCUT2D eigenvalue weighted by Crippen LogP contribution is -2.08. The molecule has 0 saturated carbocycles. The average molecular weight is 455 g/mol. The molecule has 2 saturated heterocycles. The molecule has 0 aromatic heterocycles. The highest BCUT2D eigenvalue weighted by Crippen LogP contribution is 2.48. The third-order valence-corrected chi connectivity index (χ3v) is 5.87. The predicted octanol–water partition coefficient (Wildman–Crippen LogP) is 4.17. The molecule has 0 aliphatic carbocycles. The Balaban J connectivity index is 1.32. The van der Waals surface area contributed by atoms with Gasteiger partial charge in [-0.25, -0.2) is 0 Å². The van der Waals surface area contributed by atoms with Gasteiger partial charge in [-0.15, -0.1) is 13.2 Å². The fourth-order valence-electron chi connectivity index (χ4n) is 4.08. The topological polar surface area (TPSA) is 93.2 Å². The van der Waals surface area contributed by atoms with Crippen LogP contribution in [-0.4, -0.2) is 49.9 Å². The number of aromatic hydroxyl groups is 2. The quantitative estimate of drug-likeness (QED) is 0.367. The minimum absolute atomic E-state index is 0.0900. The van der Waals surface area contributed by atoms with Gasteiger partial charge in [0, 0.05) is 11.1 Å². The second-order valence-corrected chi connectivity index (χ2v) is 8.19. The zero-order valence-electron chi connectivity index (χ0n) is 19.0. The molecule has 7 nitrogen and oxygen atoms in total. The summed E-state index contributed by atoms with van der Waals surface area (Å²) < 4.78 is 27.9. The number of benzene rings is 2. The molecule has 176 valence electrons. The molecule has 33 heavy (non-hydrogen) atoms. The van der Waals surface area contributed by atoms with Crippen LogP contribution in [0.15, 0.2) is 49.6 Å². The summed E-state index contributed by atoms with van der Waals surface area (Å²) in [6.45, 7) is 8.27.